The van der Waals surface area contributed by atoms with E-state index in [9.17, 15) is 14.4 Å². The molecule has 1 amide bonds. The number of hydrogen-bond acceptors (Lipinski definition) is 9. The van der Waals surface area contributed by atoms with Crippen LogP contribution in [0.4, 0.5) is 17.2 Å². The minimum absolute atomic E-state index is 0.100. The van der Waals surface area contributed by atoms with Crippen LogP contribution in [0, 0.1) is 0 Å². The van der Waals surface area contributed by atoms with E-state index in [1.807, 2.05) is 24.3 Å². The van der Waals surface area contributed by atoms with Gasteiger partial charge in [-0.15, -0.1) is 0 Å². The van der Waals surface area contributed by atoms with E-state index in [0.717, 1.165) is 21.1 Å². The third-order valence-electron chi connectivity index (χ3n) is 4.94. The Morgan fingerprint density at radius 3 is 2.38 bits per heavy atom. The van der Waals surface area contributed by atoms with E-state index in [4.69, 9.17) is 9.47 Å². The number of halogens is 1. The van der Waals surface area contributed by atoms with E-state index >= 15 is 0 Å². The van der Waals surface area contributed by atoms with Gasteiger partial charge in [-0.1, -0.05) is 28.1 Å². The molecule has 3 aromatic rings. The molecule has 0 atom stereocenters. The number of esters is 2. The number of benzene rings is 2. The second-order valence-corrected chi connectivity index (χ2v) is 8.68. The van der Waals surface area contributed by atoms with Crippen molar-refractivity contribution in [1.29, 1.82) is 0 Å². The van der Waals surface area contributed by atoms with Gasteiger partial charge in [0.15, 0.2) is 0 Å². The number of aromatic nitrogens is 2. The molecule has 11 heteroatoms. The highest BCUT2D eigenvalue weighted by molar-refractivity contribution is 9.10. The fourth-order valence-corrected chi connectivity index (χ4v) is 3.79. The van der Waals surface area contributed by atoms with Crippen LogP contribution in [0.3, 0.4) is 0 Å². The van der Waals surface area contributed by atoms with Gasteiger partial charge < -0.3 is 20.1 Å². The zero-order chi connectivity index (χ0) is 26.6. The Bertz CT molecular complexity index is 1260. The Morgan fingerprint density at radius 2 is 1.70 bits per heavy atom. The third-order valence-corrected chi connectivity index (χ3v) is 5.43. The van der Waals surface area contributed by atoms with Crippen molar-refractivity contribution in [3.05, 3.63) is 65.4 Å². The number of fused-ring (bicyclic) bond motifs is 1. The van der Waals surface area contributed by atoms with Crippen molar-refractivity contribution < 1.29 is 23.9 Å². The number of nitrogens with one attached hydrogen (secondary N) is 2. The van der Waals surface area contributed by atoms with E-state index in [-0.39, 0.29) is 38.8 Å². The van der Waals surface area contributed by atoms with E-state index in [0.29, 0.717) is 11.5 Å². The number of amides is 1. The normalized spacial score (nSPS) is 11.0. The lowest BCUT2D eigenvalue weighted by Crippen LogP contribution is -2.36. The quantitative estimate of drug-likeness (QED) is 0.245. The Hall–Kier alpha value is -3.83. The van der Waals surface area contributed by atoms with Gasteiger partial charge in [0, 0.05) is 33.9 Å². The highest BCUT2D eigenvalue weighted by Gasteiger charge is 2.15. The van der Waals surface area contributed by atoms with Crippen molar-refractivity contribution in [2.24, 2.45) is 0 Å². The first-order valence-electron chi connectivity index (χ1n) is 11.7. The van der Waals surface area contributed by atoms with Crippen LogP contribution in [0.2, 0.25) is 0 Å². The Morgan fingerprint density at radius 1 is 0.973 bits per heavy atom. The minimum atomic E-state index is -0.463. The summed E-state index contributed by atoms with van der Waals surface area (Å²) in [5, 5.41) is 6.82. The van der Waals surface area contributed by atoms with Gasteiger partial charge in [0.1, 0.15) is 12.1 Å². The number of hydrogen-bond donors (Lipinski definition) is 2. The van der Waals surface area contributed by atoms with E-state index in [1.54, 1.807) is 38.1 Å². The molecule has 1 heterocycles. The molecule has 0 saturated carbocycles. The molecule has 0 bridgehead atoms. The van der Waals surface area contributed by atoms with Crippen molar-refractivity contribution in [2.75, 3.05) is 43.5 Å². The van der Waals surface area contributed by atoms with Crippen molar-refractivity contribution in [1.82, 2.24) is 14.9 Å². The van der Waals surface area contributed by atoms with Crippen LogP contribution in [-0.4, -0.2) is 65.6 Å². The summed E-state index contributed by atoms with van der Waals surface area (Å²) >= 11 is 3.45. The predicted octanol–water partition coefficient (Wildman–Crippen LogP) is 4.06. The largest absolute Gasteiger partial charge is 0.465 e. The molecule has 10 nitrogen and oxygen atoms in total. The maximum Gasteiger partial charge on any atom is 0.320 e. The first kappa shape index (κ1) is 27.8. The summed E-state index contributed by atoms with van der Waals surface area (Å²) in [7, 11) is 0. The van der Waals surface area contributed by atoms with Crippen molar-refractivity contribution in [2.45, 2.75) is 13.8 Å². The second-order valence-electron chi connectivity index (χ2n) is 7.76. The molecule has 194 valence electrons. The zero-order valence-corrected chi connectivity index (χ0v) is 22.2. The van der Waals surface area contributed by atoms with E-state index in [1.165, 1.54) is 17.3 Å². The van der Waals surface area contributed by atoms with Crippen LogP contribution in [0.25, 0.3) is 10.9 Å². The zero-order valence-electron chi connectivity index (χ0n) is 20.6. The van der Waals surface area contributed by atoms with Crippen LogP contribution < -0.4 is 10.6 Å². The number of carbonyl (C=O) groups excluding carboxylic acids is 3. The standard InChI is InChI=1S/C26H28BrN5O5/c1-3-36-24(34)15-32(16-25(35)37-4-2)12-6-9-23(33)30-20-10-11-22-21(14-20)26(29-17-28-22)31-19-8-5-7-18(27)13-19/h5-11,13-14,17H,3-4,12,15-16H2,1-2H3,(H,30,33)(H,28,29,31)/b9-6+. The molecule has 0 radical (unpaired) electrons. The summed E-state index contributed by atoms with van der Waals surface area (Å²) in [6.45, 7) is 3.86. The summed E-state index contributed by atoms with van der Waals surface area (Å²) in [5.41, 5.74) is 2.13. The highest BCUT2D eigenvalue weighted by Crippen LogP contribution is 2.27. The molecule has 0 saturated heterocycles. The fraction of sp³-hybridized carbons (Fsp3) is 0.269. The Balaban J connectivity index is 1.67. The summed E-state index contributed by atoms with van der Waals surface area (Å²) in [6.07, 6.45) is 4.38. The number of nitrogens with zero attached hydrogens (tertiary/aromatic N) is 3. The number of anilines is 3. The average Bonchev–Trinajstić information content (AvgIpc) is 2.84. The van der Waals surface area contributed by atoms with Crippen molar-refractivity contribution >= 4 is 61.9 Å². The van der Waals surface area contributed by atoms with Gasteiger partial charge in [0.25, 0.3) is 0 Å². The summed E-state index contributed by atoms with van der Waals surface area (Å²) in [4.78, 5) is 46.4. The summed E-state index contributed by atoms with van der Waals surface area (Å²) in [6, 6.07) is 13.0. The number of rotatable bonds is 12. The first-order chi connectivity index (χ1) is 17.9. The van der Waals surface area contributed by atoms with Crippen LogP contribution in [0.5, 0.6) is 0 Å². The van der Waals surface area contributed by atoms with E-state index in [2.05, 4.69) is 36.5 Å². The lowest BCUT2D eigenvalue weighted by atomic mass is 10.2. The monoisotopic (exact) mass is 569 g/mol. The SMILES string of the molecule is CCOC(=O)CN(C/C=C/C(=O)Nc1ccc2ncnc(Nc3cccc(Br)c3)c2c1)CC(=O)OCC. The molecular formula is C26H28BrN5O5. The molecule has 2 N–H and O–H groups in total. The van der Waals surface area contributed by atoms with Gasteiger partial charge in [0.2, 0.25) is 5.91 Å². The smallest absolute Gasteiger partial charge is 0.320 e. The lowest BCUT2D eigenvalue weighted by Gasteiger charge is -2.18. The van der Waals surface area contributed by atoms with Gasteiger partial charge in [-0.2, -0.15) is 0 Å². The Labute approximate surface area is 223 Å². The molecule has 3 rings (SSSR count). The highest BCUT2D eigenvalue weighted by atomic mass is 79.9. The van der Waals surface area contributed by atoms with Crippen LogP contribution in [0.1, 0.15) is 13.8 Å². The maximum absolute atomic E-state index is 12.5. The number of carbonyl (C=O) groups is 3. The molecule has 0 aliphatic heterocycles. The summed E-state index contributed by atoms with van der Waals surface area (Å²) in [5.74, 6) is -0.696. The molecule has 0 fully saturated rings. The predicted molar refractivity (Wildman–Crippen MR) is 144 cm³/mol. The molecule has 0 aliphatic carbocycles. The minimum Gasteiger partial charge on any atom is -0.465 e. The Kier molecular flexibility index (Phi) is 10.5. The maximum atomic E-state index is 12.5. The van der Waals surface area contributed by atoms with Crippen LogP contribution in [0.15, 0.2) is 65.4 Å². The fourth-order valence-electron chi connectivity index (χ4n) is 3.39. The van der Waals surface area contributed by atoms with Crippen molar-refractivity contribution in [3.8, 4) is 0 Å². The van der Waals surface area contributed by atoms with Gasteiger partial charge in [-0.3, -0.25) is 19.3 Å². The molecular weight excluding hydrogens is 542 g/mol. The van der Waals surface area contributed by atoms with Gasteiger partial charge in [-0.25, -0.2) is 9.97 Å². The molecule has 2 aromatic carbocycles. The summed E-state index contributed by atoms with van der Waals surface area (Å²) < 4.78 is 10.8. The van der Waals surface area contributed by atoms with Crippen LogP contribution >= 0.6 is 15.9 Å². The second kappa shape index (κ2) is 14.0. The van der Waals surface area contributed by atoms with Gasteiger partial charge >= 0.3 is 11.9 Å². The third kappa shape index (κ3) is 8.96. The van der Waals surface area contributed by atoms with Gasteiger partial charge in [-0.05, 0) is 50.2 Å². The number of ether oxygens (including phenoxy) is 2. The first-order valence-corrected chi connectivity index (χ1v) is 12.5. The average molecular weight is 570 g/mol. The van der Waals surface area contributed by atoms with E-state index < -0.39 is 11.9 Å². The topological polar surface area (TPSA) is 123 Å². The molecule has 37 heavy (non-hydrogen) atoms. The van der Waals surface area contributed by atoms with Crippen LogP contribution in [-0.2, 0) is 23.9 Å². The van der Waals surface area contributed by atoms with Gasteiger partial charge in [0.05, 0.1) is 31.8 Å². The molecule has 0 spiro atoms. The lowest BCUT2D eigenvalue weighted by molar-refractivity contribution is -0.147. The molecule has 0 aliphatic rings. The molecule has 1 aromatic heterocycles. The molecule has 0 unspecified atom stereocenters. The van der Waals surface area contributed by atoms with Crippen molar-refractivity contribution in [3.63, 3.8) is 0 Å².